The van der Waals surface area contributed by atoms with Gasteiger partial charge in [-0.1, -0.05) is 55.0 Å². The fourth-order valence-electron chi connectivity index (χ4n) is 3.20. The van der Waals surface area contributed by atoms with Crippen LogP contribution in [0.3, 0.4) is 0 Å². The van der Waals surface area contributed by atoms with Gasteiger partial charge >= 0.3 is 5.97 Å². The van der Waals surface area contributed by atoms with Crippen molar-refractivity contribution in [3.63, 3.8) is 0 Å². The lowest BCUT2D eigenvalue weighted by Crippen LogP contribution is -2.40. The zero-order chi connectivity index (χ0) is 19.9. The van der Waals surface area contributed by atoms with E-state index in [4.69, 9.17) is 0 Å². The number of carbonyl (C=O) groups is 1. The summed E-state index contributed by atoms with van der Waals surface area (Å²) in [5.41, 5.74) is 1.18. The Labute approximate surface area is 160 Å². The molecule has 0 aliphatic heterocycles. The van der Waals surface area contributed by atoms with Crippen LogP contribution in [0, 0.1) is 5.92 Å². The van der Waals surface area contributed by atoms with E-state index in [1.165, 1.54) is 24.6 Å². The number of carboxylic acid groups (broad SMARTS) is 1. The largest absolute Gasteiger partial charge is 0.481 e. The molecule has 0 heterocycles. The first-order valence-electron chi connectivity index (χ1n) is 9.07. The van der Waals surface area contributed by atoms with Gasteiger partial charge in [0, 0.05) is 0 Å². The predicted molar refractivity (Wildman–Crippen MR) is 104 cm³/mol. The first kappa shape index (κ1) is 21.1. The summed E-state index contributed by atoms with van der Waals surface area (Å²) in [5.74, 6) is -2.66. The van der Waals surface area contributed by atoms with Crippen LogP contribution in [0.15, 0.2) is 65.6 Å². The van der Waals surface area contributed by atoms with Crippen molar-refractivity contribution in [3.8, 4) is 0 Å². The fourth-order valence-corrected chi connectivity index (χ4v) is 4.85. The second-order valence-corrected chi connectivity index (χ2v) is 9.03. The van der Waals surface area contributed by atoms with Crippen LogP contribution in [0.5, 0.6) is 0 Å². The van der Waals surface area contributed by atoms with Gasteiger partial charge in [0.1, 0.15) is 0 Å². The third-order valence-electron chi connectivity index (χ3n) is 4.82. The van der Waals surface area contributed by atoms with Gasteiger partial charge in [0.2, 0.25) is 0 Å². The van der Waals surface area contributed by atoms with Crippen LogP contribution in [0.2, 0.25) is 0 Å². The maximum absolute atomic E-state index is 12.7. The highest BCUT2D eigenvalue weighted by atomic mass is 32.2. The molecular weight excluding hydrogens is 364 g/mol. The first-order chi connectivity index (χ1) is 12.8. The Kier molecular flexibility index (Phi) is 7.56. The molecule has 0 aliphatic rings. The monoisotopic (exact) mass is 390 g/mol. The summed E-state index contributed by atoms with van der Waals surface area (Å²) in [6.07, 6.45) is 1.29. The number of benzene rings is 2. The minimum atomic E-state index is -3.84. The summed E-state index contributed by atoms with van der Waals surface area (Å²) < 4.78 is 25.4. The number of unbranched alkanes of at least 4 members (excludes halogenated alkanes) is 1. The number of aryl methyl sites for hydroxylation is 1. The Morgan fingerprint density at radius 1 is 0.963 bits per heavy atom. The Bertz CT molecular complexity index is 818. The summed E-state index contributed by atoms with van der Waals surface area (Å²) in [4.78, 5) is 11.8. The van der Waals surface area contributed by atoms with Crippen molar-refractivity contribution in [2.75, 3.05) is 0 Å². The van der Waals surface area contributed by atoms with E-state index < -0.39 is 33.1 Å². The van der Waals surface area contributed by atoms with E-state index in [-0.39, 0.29) is 11.3 Å². The molecule has 3 atom stereocenters. The van der Waals surface area contributed by atoms with Crippen molar-refractivity contribution in [2.24, 2.45) is 5.92 Å². The van der Waals surface area contributed by atoms with Gasteiger partial charge in [0.25, 0.3) is 0 Å². The van der Waals surface area contributed by atoms with Crippen LogP contribution in [0.25, 0.3) is 0 Å². The maximum atomic E-state index is 12.7. The lowest BCUT2D eigenvalue weighted by atomic mass is 9.94. The highest BCUT2D eigenvalue weighted by Crippen LogP contribution is 2.26. The molecule has 2 rings (SSSR count). The van der Waals surface area contributed by atoms with Gasteiger partial charge in [-0.15, -0.1) is 0 Å². The molecule has 5 nitrogen and oxygen atoms in total. The molecule has 0 aliphatic carbocycles. The van der Waals surface area contributed by atoms with E-state index in [1.54, 1.807) is 18.2 Å². The molecule has 0 saturated heterocycles. The van der Waals surface area contributed by atoms with Gasteiger partial charge in [-0.05, 0) is 43.9 Å². The maximum Gasteiger partial charge on any atom is 0.310 e. The van der Waals surface area contributed by atoms with Crippen molar-refractivity contribution in [3.05, 3.63) is 66.2 Å². The topological polar surface area (TPSA) is 91.7 Å². The van der Waals surface area contributed by atoms with Crippen LogP contribution < -0.4 is 0 Å². The predicted octanol–water partition coefficient (Wildman–Crippen LogP) is 3.32. The standard InChI is InChI=1S/C21H26O5S/c1-16(27(25,26)18-13-6-3-7-14-18)20(21(23)24)19(22)15-9-8-12-17-10-4-2-5-11-17/h2-7,10-11,13-14,16,19-20,22H,8-9,12,15H2,1H3,(H,23,24). The Morgan fingerprint density at radius 2 is 1.52 bits per heavy atom. The van der Waals surface area contributed by atoms with Crippen molar-refractivity contribution in [2.45, 2.75) is 48.9 Å². The number of rotatable bonds is 10. The van der Waals surface area contributed by atoms with E-state index in [2.05, 4.69) is 0 Å². The number of hydrogen-bond acceptors (Lipinski definition) is 4. The Hall–Kier alpha value is -2.18. The average molecular weight is 391 g/mol. The molecule has 2 aromatic rings. The van der Waals surface area contributed by atoms with Gasteiger partial charge in [-0.2, -0.15) is 0 Å². The SMILES string of the molecule is CC(C(C(=O)O)C(O)CCCCc1ccccc1)S(=O)(=O)c1ccccc1. The summed E-state index contributed by atoms with van der Waals surface area (Å²) >= 11 is 0. The molecule has 0 amide bonds. The average Bonchev–Trinajstić information content (AvgIpc) is 2.66. The molecular formula is C21H26O5S. The van der Waals surface area contributed by atoms with Crippen LogP contribution >= 0.6 is 0 Å². The smallest absolute Gasteiger partial charge is 0.310 e. The zero-order valence-electron chi connectivity index (χ0n) is 15.4. The highest BCUT2D eigenvalue weighted by Gasteiger charge is 2.39. The van der Waals surface area contributed by atoms with Gasteiger partial charge in [0.15, 0.2) is 9.84 Å². The summed E-state index contributed by atoms with van der Waals surface area (Å²) in [7, 11) is -3.84. The van der Waals surface area contributed by atoms with E-state index in [0.717, 1.165) is 12.8 Å². The Balaban J connectivity index is 1.99. The minimum Gasteiger partial charge on any atom is -0.481 e. The van der Waals surface area contributed by atoms with E-state index in [9.17, 15) is 23.4 Å². The van der Waals surface area contributed by atoms with Gasteiger partial charge in [0.05, 0.1) is 22.2 Å². The number of hydrogen-bond donors (Lipinski definition) is 2. The van der Waals surface area contributed by atoms with Crippen molar-refractivity contribution < 1.29 is 23.4 Å². The zero-order valence-corrected chi connectivity index (χ0v) is 16.2. The molecule has 3 unspecified atom stereocenters. The second kappa shape index (κ2) is 9.67. The lowest BCUT2D eigenvalue weighted by molar-refractivity contribution is -0.145. The molecule has 2 aromatic carbocycles. The molecule has 0 aromatic heterocycles. The van der Waals surface area contributed by atoms with Crippen molar-refractivity contribution in [1.29, 1.82) is 0 Å². The van der Waals surface area contributed by atoms with E-state index in [0.29, 0.717) is 6.42 Å². The summed E-state index contributed by atoms with van der Waals surface area (Å²) in [6, 6.07) is 17.7. The summed E-state index contributed by atoms with van der Waals surface area (Å²) in [5, 5.41) is 18.7. The van der Waals surface area contributed by atoms with Gasteiger partial charge < -0.3 is 10.2 Å². The van der Waals surface area contributed by atoms with E-state index in [1.807, 2.05) is 30.3 Å². The third-order valence-corrected chi connectivity index (χ3v) is 7.03. The molecule has 0 fully saturated rings. The fraction of sp³-hybridized carbons (Fsp3) is 0.381. The molecule has 27 heavy (non-hydrogen) atoms. The number of aliphatic hydroxyl groups excluding tert-OH is 1. The van der Waals surface area contributed by atoms with E-state index >= 15 is 0 Å². The van der Waals surface area contributed by atoms with Crippen molar-refractivity contribution in [1.82, 2.24) is 0 Å². The van der Waals surface area contributed by atoms with Gasteiger partial charge in [-0.3, -0.25) is 4.79 Å². The normalized spacial score (nSPS) is 15.0. The molecule has 6 heteroatoms. The summed E-state index contributed by atoms with van der Waals surface area (Å²) in [6.45, 7) is 1.36. The lowest BCUT2D eigenvalue weighted by Gasteiger charge is -2.25. The second-order valence-electron chi connectivity index (χ2n) is 6.73. The van der Waals surface area contributed by atoms with Crippen molar-refractivity contribution >= 4 is 15.8 Å². The van der Waals surface area contributed by atoms with Crippen LogP contribution in [-0.2, 0) is 21.1 Å². The highest BCUT2D eigenvalue weighted by molar-refractivity contribution is 7.92. The molecule has 2 N–H and O–H groups in total. The van der Waals surface area contributed by atoms with Crippen LogP contribution in [0.1, 0.15) is 31.7 Å². The minimum absolute atomic E-state index is 0.0695. The Morgan fingerprint density at radius 3 is 2.07 bits per heavy atom. The van der Waals surface area contributed by atoms with Crippen LogP contribution in [-0.4, -0.2) is 36.0 Å². The number of sulfone groups is 1. The van der Waals surface area contributed by atoms with Crippen LogP contribution in [0.4, 0.5) is 0 Å². The molecule has 0 spiro atoms. The van der Waals surface area contributed by atoms with Gasteiger partial charge in [-0.25, -0.2) is 8.42 Å². The number of aliphatic carboxylic acids is 1. The first-order valence-corrected chi connectivity index (χ1v) is 10.6. The molecule has 146 valence electrons. The third kappa shape index (κ3) is 5.65. The molecule has 0 bridgehead atoms. The quantitative estimate of drug-likeness (QED) is 0.607. The molecule has 0 radical (unpaired) electrons. The molecule has 0 saturated carbocycles. The number of carboxylic acids is 1. The number of aliphatic hydroxyl groups is 1.